The average Bonchev–Trinajstić information content (AvgIpc) is 2.95. The van der Waals surface area contributed by atoms with E-state index in [4.69, 9.17) is 14.6 Å². The molecule has 0 radical (unpaired) electrons. The highest BCUT2D eigenvalue weighted by Gasteiger charge is 2.09. The molecule has 24 heavy (non-hydrogen) atoms. The lowest BCUT2D eigenvalue weighted by Gasteiger charge is -2.09. The molecule has 6 heteroatoms. The van der Waals surface area contributed by atoms with Crippen LogP contribution in [0.4, 0.5) is 0 Å². The predicted molar refractivity (Wildman–Crippen MR) is 93.0 cm³/mol. The molecule has 0 aliphatic heterocycles. The van der Waals surface area contributed by atoms with Crippen molar-refractivity contribution < 1.29 is 19.4 Å². The van der Waals surface area contributed by atoms with Gasteiger partial charge in [-0.05, 0) is 47.5 Å². The summed E-state index contributed by atoms with van der Waals surface area (Å²) in [6.07, 6.45) is 0.0386. The van der Waals surface area contributed by atoms with Crippen LogP contribution >= 0.6 is 11.3 Å². The summed E-state index contributed by atoms with van der Waals surface area (Å²) in [5.41, 5.74) is 2.70. The molecule has 2 heterocycles. The molecule has 1 N–H and O–H groups in total. The average molecular weight is 343 g/mol. The Morgan fingerprint density at radius 2 is 2.08 bits per heavy atom. The van der Waals surface area contributed by atoms with E-state index in [1.165, 1.54) is 11.3 Å². The zero-order valence-electron chi connectivity index (χ0n) is 13.4. The van der Waals surface area contributed by atoms with Crippen molar-refractivity contribution >= 4 is 27.4 Å². The molecule has 1 aromatic carbocycles. The van der Waals surface area contributed by atoms with Gasteiger partial charge in [-0.25, -0.2) is 4.98 Å². The van der Waals surface area contributed by atoms with Crippen LogP contribution in [0.1, 0.15) is 16.8 Å². The van der Waals surface area contributed by atoms with Gasteiger partial charge in [0.1, 0.15) is 12.4 Å². The van der Waals surface area contributed by atoms with Crippen molar-refractivity contribution in [2.45, 2.75) is 20.0 Å². The van der Waals surface area contributed by atoms with Crippen LogP contribution in [0.15, 0.2) is 35.7 Å². The van der Waals surface area contributed by atoms with Crippen LogP contribution in [0, 0.1) is 6.92 Å². The van der Waals surface area contributed by atoms with Crippen LogP contribution in [-0.2, 0) is 17.8 Å². The first kappa shape index (κ1) is 16.3. The fraction of sp³-hybridized carbons (Fsp3) is 0.222. The Balaban J connectivity index is 1.75. The molecule has 124 valence electrons. The topological polar surface area (TPSA) is 68.7 Å². The lowest BCUT2D eigenvalue weighted by molar-refractivity contribution is -0.136. The maximum atomic E-state index is 10.9. The van der Waals surface area contributed by atoms with Gasteiger partial charge in [0.25, 0.3) is 0 Å². The van der Waals surface area contributed by atoms with Crippen molar-refractivity contribution in [3.05, 3.63) is 52.5 Å². The van der Waals surface area contributed by atoms with Gasteiger partial charge >= 0.3 is 5.97 Å². The molecule has 0 spiro atoms. The van der Waals surface area contributed by atoms with Gasteiger partial charge < -0.3 is 14.6 Å². The number of pyridine rings is 1. The third-order valence-electron chi connectivity index (χ3n) is 3.74. The number of ether oxygens (including phenoxy) is 2. The molecule has 0 amide bonds. The Morgan fingerprint density at radius 3 is 2.79 bits per heavy atom. The van der Waals surface area contributed by atoms with E-state index in [1.807, 2.05) is 42.6 Å². The summed E-state index contributed by atoms with van der Waals surface area (Å²) in [5.74, 6) is 0.515. The maximum absolute atomic E-state index is 10.9. The highest BCUT2D eigenvalue weighted by atomic mass is 32.1. The summed E-state index contributed by atoms with van der Waals surface area (Å²) in [4.78, 5) is 15.2. The number of carboxylic acids is 1. The van der Waals surface area contributed by atoms with Crippen LogP contribution in [0.3, 0.4) is 0 Å². The number of nitrogens with zero attached hydrogens (tertiary/aromatic N) is 1. The molecular formula is C18H17NO4S. The second kappa shape index (κ2) is 6.88. The lowest BCUT2D eigenvalue weighted by Crippen LogP contribution is -2.01. The first-order chi connectivity index (χ1) is 11.6. The minimum atomic E-state index is -0.822. The van der Waals surface area contributed by atoms with Crippen LogP contribution in [0.2, 0.25) is 0 Å². The fourth-order valence-electron chi connectivity index (χ4n) is 2.45. The molecule has 5 nitrogen and oxygen atoms in total. The summed E-state index contributed by atoms with van der Waals surface area (Å²) in [6.45, 7) is 2.34. The van der Waals surface area contributed by atoms with E-state index >= 15 is 0 Å². The Labute approximate surface area is 143 Å². The fourth-order valence-corrected chi connectivity index (χ4v) is 3.44. The van der Waals surface area contributed by atoms with Gasteiger partial charge in [0.05, 0.1) is 13.5 Å². The van der Waals surface area contributed by atoms with Crippen LogP contribution in [0.25, 0.3) is 10.1 Å². The number of benzene rings is 1. The number of aliphatic carboxylic acids is 1. The van der Waals surface area contributed by atoms with Gasteiger partial charge in [-0.2, -0.15) is 0 Å². The van der Waals surface area contributed by atoms with Crippen molar-refractivity contribution in [2.24, 2.45) is 0 Å². The monoisotopic (exact) mass is 343 g/mol. The Morgan fingerprint density at radius 1 is 1.25 bits per heavy atom. The Kier molecular flexibility index (Phi) is 4.66. The third kappa shape index (κ3) is 3.49. The van der Waals surface area contributed by atoms with Crippen LogP contribution < -0.4 is 9.47 Å². The summed E-state index contributed by atoms with van der Waals surface area (Å²) >= 11 is 1.53. The molecule has 0 fully saturated rings. The molecule has 0 aliphatic carbocycles. The van der Waals surface area contributed by atoms with E-state index in [9.17, 15) is 4.79 Å². The van der Waals surface area contributed by atoms with Crippen molar-refractivity contribution in [1.82, 2.24) is 4.98 Å². The van der Waals surface area contributed by atoms with Crippen molar-refractivity contribution in [3.8, 4) is 11.6 Å². The Bertz CT molecular complexity index is 888. The molecule has 0 saturated heterocycles. The van der Waals surface area contributed by atoms with Crippen molar-refractivity contribution in [1.29, 1.82) is 0 Å². The summed E-state index contributed by atoms with van der Waals surface area (Å²) in [6, 6.07) is 9.48. The first-order valence-corrected chi connectivity index (χ1v) is 8.30. The normalized spacial score (nSPS) is 10.8. The number of hydrogen-bond acceptors (Lipinski definition) is 5. The smallest absolute Gasteiger partial charge is 0.307 e. The van der Waals surface area contributed by atoms with Gasteiger partial charge in [0.15, 0.2) is 0 Å². The molecule has 0 unspecified atom stereocenters. The first-order valence-electron chi connectivity index (χ1n) is 7.42. The molecule has 0 atom stereocenters. The predicted octanol–water partition coefficient (Wildman–Crippen LogP) is 3.82. The molecule has 0 saturated carbocycles. The number of carbonyl (C=O) groups is 1. The minimum absolute atomic E-state index is 0.0386. The van der Waals surface area contributed by atoms with Crippen LogP contribution in [0.5, 0.6) is 11.6 Å². The largest absolute Gasteiger partial charge is 0.489 e. The molecule has 2 aromatic heterocycles. The highest BCUT2D eigenvalue weighted by molar-refractivity contribution is 7.17. The van der Waals surface area contributed by atoms with E-state index < -0.39 is 5.97 Å². The lowest BCUT2D eigenvalue weighted by atomic mass is 10.1. The number of rotatable bonds is 6. The summed E-state index contributed by atoms with van der Waals surface area (Å²) < 4.78 is 12.0. The zero-order valence-corrected chi connectivity index (χ0v) is 14.2. The zero-order chi connectivity index (χ0) is 17.1. The number of carboxylic acid groups (broad SMARTS) is 1. The SMILES string of the molecule is COc1ccc(COc2ccc3c(CC(=O)O)csc3c2)c(C)n1. The van der Waals surface area contributed by atoms with E-state index in [1.54, 1.807) is 7.11 Å². The maximum Gasteiger partial charge on any atom is 0.307 e. The molecule has 0 aliphatic rings. The van der Waals surface area contributed by atoms with Crippen molar-refractivity contribution in [3.63, 3.8) is 0 Å². The van der Waals surface area contributed by atoms with E-state index in [0.717, 1.165) is 32.7 Å². The minimum Gasteiger partial charge on any atom is -0.489 e. The summed E-state index contributed by atoms with van der Waals surface area (Å²) in [5, 5.41) is 11.8. The Hall–Kier alpha value is -2.60. The quantitative estimate of drug-likeness (QED) is 0.737. The molecular weight excluding hydrogens is 326 g/mol. The number of thiophene rings is 1. The van der Waals surface area contributed by atoms with Gasteiger partial charge in [-0.3, -0.25) is 4.79 Å². The highest BCUT2D eigenvalue weighted by Crippen LogP contribution is 2.30. The van der Waals surface area contributed by atoms with Gasteiger partial charge in [-0.1, -0.05) is 0 Å². The second-order valence-electron chi connectivity index (χ2n) is 5.38. The second-order valence-corrected chi connectivity index (χ2v) is 6.29. The molecule has 3 rings (SSSR count). The van der Waals surface area contributed by atoms with Crippen molar-refractivity contribution in [2.75, 3.05) is 7.11 Å². The van der Waals surface area contributed by atoms with E-state index in [-0.39, 0.29) is 6.42 Å². The van der Waals surface area contributed by atoms with E-state index in [0.29, 0.717) is 12.5 Å². The van der Waals surface area contributed by atoms with Crippen LogP contribution in [-0.4, -0.2) is 23.2 Å². The third-order valence-corrected chi connectivity index (χ3v) is 4.74. The standard InChI is InChI=1S/C18H17NO4S/c1-11-12(3-6-17(19-11)22-2)9-23-14-4-5-15-13(7-18(20)21)10-24-16(15)8-14/h3-6,8,10H,7,9H2,1-2H3,(H,20,21). The van der Waals surface area contributed by atoms with E-state index in [2.05, 4.69) is 4.98 Å². The number of aryl methyl sites for hydroxylation is 1. The van der Waals surface area contributed by atoms with Gasteiger partial charge in [0, 0.05) is 22.0 Å². The summed E-state index contributed by atoms with van der Waals surface area (Å²) in [7, 11) is 1.59. The molecule has 0 bridgehead atoms. The van der Waals surface area contributed by atoms with Gasteiger partial charge in [-0.15, -0.1) is 11.3 Å². The number of hydrogen-bond donors (Lipinski definition) is 1. The number of aromatic nitrogens is 1. The number of methoxy groups -OCH3 is 1. The van der Waals surface area contributed by atoms with Gasteiger partial charge in [0.2, 0.25) is 5.88 Å². The number of fused-ring (bicyclic) bond motifs is 1. The molecule has 3 aromatic rings.